The van der Waals surface area contributed by atoms with E-state index in [4.69, 9.17) is 14.2 Å². The number of sulfonamides is 1. The third-order valence-electron chi connectivity index (χ3n) is 5.19. The topological polar surface area (TPSA) is 99.6 Å². The molecule has 10 heteroatoms. The molecule has 0 fully saturated rings. The summed E-state index contributed by atoms with van der Waals surface area (Å²) >= 11 is 1.40. The van der Waals surface area contributed by atoms with E-state index in [0.29, 0.717) is 36.2 Å². The summed E-state index contributed by atoms with van der Waals surface area (Å²) in [6.45, 7) is 0.991. The first-order valence-electron chi connectivity index (χ1n) is 10.3. The number of thiophene rings is 1. The fourth-order valence-electron chi connectivity index (χ4n) is 3.61. The van der Waals surface area contributed by atoms with Crippen molar-refractivity contribution in [3.05, 3.63) is 71.5 Å². The molecule has 4 heterocycles. The maximum absolute atomic E-state index is 13.5. The van der Waals surface area contributed by atoms with Crippen LogP contribution in [0.3, 0.4) is 0 Å². The van der Waals surface area contributed by atoms with Crippen LogP contribution in [0.25, 0.3) is 10.2 Å². The van der Waals surface area contributed by atoms with Gasteiger partial charge in [-0.05, 0) is 36.4 Å². The molecule has 0 aliphatic carbocycles. The van der Waals surface area contributed by atoms with Crippen LogP contribution in [0.4, 0.5) is 0 Å². The van der Waals surface area contributed by atoms with Crippen LogP contribution in [0, 0.1) is 0 Å². The van der Waals surface area contributed by atoms with Crippen molar-refractivity contribution in [3.8, 4) is 17.2 Å². The Hall–Kier alpha value is -3.21. The minimum absolute atomic E-state index is 0.0749. The van der Waals surface area contributed by atoms with Crippen LogP contribution in [0.2, 0.25) is 0 Å². The fraction of sp³-hybridized carbons (Fsp3) is 0.217. The third-order valence-corrected chi connectivity index (χ3v) is 7.74. The summed E-state index contributed by atoms with van der Waals surface area (Å²) in [5.74, 6) is 1.42. The number of pyridine rings is 2. The van der Waals surface area contributed by atoms with Crippen molar-refractivity contribution >= 4 is 31.6 Å². The molecule has 170 valence electrons. The van der Waals surface area contributed by atoms with Crippen LogP contribution in [0.15, 0.2) is 65.8 Å². The number of nitrogens with zero attached hydrogens (tertiary/aromatic N) is 2. The number of aromatic nitrogens is 2. The molecule has 33 heavy (non-hydrogen) atoms. The molecule has 4 aromatic rings. The SMILES string of the molecule is COc1cccnc1[C@@H](NS(=O)(=O)c1ccc2c(c1)OCCCO2)c1cc2cccnc2s1. The smallest absolute Gasteiger partial charge is 0.241 e. The predicted octanol–water partition coefficient (Wildman–Crippen LogP) is 3.93. The number of nitrogens with one attached hydrogen (secondary N) is 1. The second kappa shape index (κ2) is 8.97. The van der Waals surface area contributed by atoms with E-state index < -0.39 is 16.1 Å². The van der Waals surface area contributed by atoms with Crippen LogP contribution in [-0.4, -0.2) is 38.7 Å². The summed E-state index contributed by atoms with van der Waals surface area (Å²) in [7, 11) is -2.43. The first kappa shape index (κ1) is 21.6. The Balaban J connectivity index is 1.57. The molecule has 1 aromatic carbocycles. The van der Waals surface area contributed by atoms with Gasteiger partial charge in [-0.15, -0.1) is 11.3 Å². The molecule has 8 nitrogen and oxygen atoms in total. The van der Waals surface area contributed by atoms with Crippen LogP contribution in [0.5, 0.6) is 17.2 Å². The number of rotatable bonds is 6. The van der Waals surface area contributed by atoms with Gasteiger partial charge in [0.2, 0.25) is 10.0 Å². The molecule has 1 aliphatic heterocycles. The van der Waals surface area contributed by atoms with Gasteiger partial charge in [0, 0.05) is 35.1 Å². The van der Waals surface area contributed by atoms with Gasteiger partial charge in [-0.25, -0.2) is 13.4 Å². The lowest BCUT2D eigenvalue weighted by Gasteiger charge is -2.19. The van der Waals surface area contributed by atoms with Crippen molar-refractivity contribution in [2.45, 2.75) is 17.4 Å². The normalized spacial score (nSPS) is 14.6. The molecular weight excluding hydrogens is 462 g/mol. The highest BCUT2D eigenvalue weighted by atomic mass is 32.2. The van der Waals surface area contributed by atoms with Crippen LogP contribution >= 0.6 is 11.3 Å². The molecule has 0 spiro atoms. The van der Waals surface area contributed by atoms with Gasteiger partial charge in [-0.3, -0.25) is 4.98 Å². The van der Waals surface area contributed by atoms with Crippen molar-refractivity contribution in [3.63, 3.8) is 0 Å². The third kappa shape index (κ3) is 4.37. The van der Waals surface area contributed by atoms with E-state index in [9.17, 15) is 8.42 Å². The van der Waals surface area contributed by atoms with E-state index in [1.165, 1.54) is 30.6 Å². The van der Waals surface area contributed by atoms with Crippen LogP contribution in [0.1, 0.15) is 23.0 Å². The van der Waals surface area contributed by atoms with Gasteiger partial charge in [0.25, 0.3) is 0 Å². The van der Waals surface area contributed by atoms with Crippen molar-refractivity contribution < 1.29 is 22.6 Å². The Morgan fingerprint density at radius 3 is 2.64 bits per heavy atom. The number of ether oxygens (including phenoxy) is 3. The highest BCUT2D eigenvalue weighted by Crippen LogP contribution is 2.37. The molecule has 3 aromatic heterocycles. The predicted molar refractivity (Wildman–Crippen MR) is 125 cm³/mol. The van der Waals surface area contributed by atoms with E-state index in [2.05, 4.69) is 14.7 Å². The molecular formula is C23H21N3O5S2. The molecule has 0 bridgehead atoms. The number of benzene rings is 1. The standard InChI is InChI=1S/C23H21N3O5S2/c1-29-18-6-3-9-24-21(18)22(20-13-15-5-2-10-25-23(15)32-20)26-33(27,28)16-7-8-17-19(14-16)31-12-4-11-30-17/h2-3,5-10,13-14,22,26H,4,11-12H2,1H3/t22-/m0/s1. The van der Waals surface area contributed by atoms with Gasteiger partial charge in [-0.2, -0.15) is 4.72 Å². The zero-order valence-electron chi connectivity index (χ0n) is 17.7. The fourth-order valence-corrected chi connectivity index (χ4v) is 5.93. The average Bonchev–Trinajstić information content (AvgIpc) is 3.12. The van der Waals surface area contributed by atoms with Crippen molar-refractivity contribution in [1.82, 2.24) is 14.7 Å². The second-order valence-corrected chi connectivity index (χ2v) is 10.1. The van der Waals surface area contributed by atoms with Gasteiger partial charge in [-0.1, -0.05) is 6.07 Å². The largest absolute Gasteiger partial charge is 0.495 e. The number of hydrogen-bond acceptors (Lipinski definition) is 8. The van der Waals surface area contributed by atoms with Crippen LogP contribution in [-0.2, 0) is 10.0 Å². The molecule has 1 N–H and O–H groups in total. The van der Waals surface area contributed by atoms with E-state index >= 15 is 0 Å². The first-order valence-corrected chi connectivity index (χ1v) is 12.6. The van der Waals surface area contributed by atoms with Crippen LogP contribution < -0.4 is 18.9 Å². The monoisotopic (exact) mass is 483 g/mol. The molecule has 0 radical (unpaired) electrons. The minimum atomic E-state index is -3.96. The lowest BCUT2D eigenvalue weighted by Crippen LogP contribution is -2.30. The van der Waals surface area contributed by atoms with Crippen molar-refractivity contribution in [2.75, 3.05) is 20.3 Å². The molecule has 0 amide bonds. The number of methoxy groups -OCH3 is 1. The zero-order valence-corrected chi connectivity index (χ0v) is 19.4. The van der Waals surface area contributed by atoms with Gasteiger partial charge in [0.05, 0.1) is 25.2 Å². The maximum Gasteiger partial charge on any atom is 0.241 e. The van der Waals surface area contributed by atoms with E-state index in [1.807, 2.05) is 18.2 Å². The van der Waals surface area contributed by atoms with E-state index in [-0.39, 0.29) is 4.90 Å². The average molecular weight is 484 g/mol. The second-order valence-electron chi connectivity index (χ2n) is 7.35. The van der Waals surface area contributed by atoms with Crippen molar-refractivity contribution in [1.29, 1.82) is 0 Å². The molecule has 1 aliphatic rings. The molecule has 0 saturated carbocycles. The molecule has 0 unspecified atom stereocenters. The Labute approximate surface area is 195 Å². The Kier molecular flexibility index (Phi) is 5.88. The lowest BCUT2D eigenvalue weighted by molar-refractivity contribution is 0.297. The number of hydrogen-bond donors (Lipinski definition) is 1. The molecule has 5 rings (SSSR count). The lowest BCUT2D eigenvalue weighted by atomic mass is 10.1. The highest BCUT2D eigenvalue weighted by Gasteiger charge is 2.29. The molecule has 1 atom stereocenters. The number of fused-ring (bicyclic) bond motifs is 2. The van der Waals surface area contributed by atoms with Crippen molar-refractivity contribution in [2.24, 2.45) is 0 Å². The Morgan fingerprint density at radius 2 is 1.82 bits per heavy atom. The summed E-state index contributed by atoms with van der Waals surface area (Å²) in [5, 5.41) is 0.923. The summed E-state index contributed by atoms with van der Waals surface area (Å²) in [5.41, 5.74) is 0.462. The first-order chi connectivity index (χ1) is 16.0. The summed E-state index contributed by atoms with van der Waals surface area (Å²) in [4.78, 5) is 10.5. The van der Waals surface area contributed by atoms with Gasteiger partial charge in [0.15, 0.2) is 11.5 Å². The van der Waals surface area contributed by atoms with E-state index in [0.717, 1.165) is 21.5 Å². The Bertz CT molecular complexity index is 1370. The summed E-state index contributed by atoms with van der Waals surface area (Å²) in [6, 6.07) is 13.0. The zero-order chi connectivity index (χ0) is 22.8. The van der Waals surface area contributed by atoms with Gasteiger partial charge in [0.1, 0.15) is 22.3 Å². The van der Waals surface area contributed by atoms with Gasteiger partial charge < -0.3 is 14.2 Å². The summed E-state index contributed by atoms with van der Waals surface area (Å²) < 4.78 is 46.6. The maximum atomic E-state index is 13.5. The van der Waals surface area contributed by atoms with E-state index in [1.54, 1.807) is 30.6 Å². The summed E-state index contributed by atoms with van der Waals surface area (Å²) in [6.07, 6.45) is 4.05. The Morgan fingerprint density at radius 1 is 1.03 bits per heavy atom. The van der Waals surface area contributed by atoms with Gasteiger partial charge >= 0.3 is 0 Å². The molecule has 0 saturated heterocycles. The quantitative estimate of drug-likeness (QED) is 0.444. The highest BCUT2D eigenvalue weighted by molar-refractivity contribution is 7.89. The minimum Gasteiger partial charge on any atom is -0.495 e.